The molecule has 0 bridgehead atoms. The molecular formula is C22H18ClF3N2O4S. The molecule has 0 saturated heterocycles. The number of ether oxygens (including phenoxy) is 1. The highest BCUT2D eigenvalue weighted by Gasteiger charge is 2.29. The van der Waals surface area contributed by atoms with Gasteiger partial charge in [-0.2, -0.15) is 4.72 Å². The summed E-state index contributed by atoms with van der Waals surface area (Å²) >= 11 is 5.93. The maximum Gasteiger partial charge on any atom is 0.245 e. The summed E-state index contributed by atoms with van der Waals surface area (Å²) in [7, 11) is -3.09. The Morgan fingerprint density at radius 3 is 2.39 bits per heavy atom. The molecule has 0 radical (unpaired) electrons. The lowest BCUT2D eigenvalue weighted by atomic mass is 10.1. The van der Waals surface area contributed by atoms with Gasteiger partial charge < -0.3 is 10.1 Å². The average molecular weight is 499 g/mol. The third-order valence-electron chi connectivity index (χ3n) is 4.60. The van der Waals surface area contributed by atoms with Crippen molar-refractivity contribution in [3.05, 3.63) is 88.7 Å². The van der Waals surface area contributed by atoms with Crippen molar-refractivity contribution >= 4 is 33.2 Å². The van der Waals surface area contributed by atoms with Crippen LogP contribution >= 0.6 is 11.6 Å². The summed E-state index contributed by atoms with van der Waals surface area (Å²) < 4.78 is 74.3. The fourth-order valence-corrected chi connectivity index (χ4v) is 4.62. The molecule has 1 amide bonds. The van der Waals surface area contributed by atoms with E-state index in [1.165, 1.54) is 19.2 Å². The fourth-order valence-electron chi connectivity index (χ4n) is 2.99. The van der Waals surface area contributed by atoms with Crippen LogP contribution in [-0.4, -0.2) is 27.5 Å². The van der Waals surface area contributed by atoms with E-state index >= 15 is 0 Å². The Labute approximate surface area is 193 Å². The van der Waals surface area contributed by atoms with Crippen molar-refractivity contribution in [2.75, 3.05) is 12.4 Å². The van der Waals surface area contributed by atoms with Crippen LogP contribution in [0, 0.1) is 17.5 Å². The van der Waals surface area contributed by atoms with E-state index < -0.39 is 45.1 Å². The minimum Gasteiger partial charge on any atom is -0.495 e. The number of hydrogen-bond donors (Lipinski definition) is 2. The summed E-state index contributed by atoms with van der Waals surface area (Å²) in [4.78, 5) is 12.6. The quantitative estimate of drug-likeness (QED) is 0.454. The van der Waals surface area contributed by atoms with Crippen LogP contribution in [0.2, 0.25) is 5.02 Å². The molecule has 0 spiro atoms. The number of carbonyl (C=O) groups excluding carboxylic acids is 1. The molecule has 0 fully saturated rings. The molecule has 3 aromatic carbocycles. The second kappa shape index (κ2) is 10.2. The minimum atomic E-state index is -4.36. The van der Waals surface area contributed by atoms with Gasteiger partial charge in [-0.05, 0) is 42.3 Å². The fraction of sp³-hybridized carbons (Fsp3) is 0.136. The lowest BCUT2D eigenvalue weighted by Gasteiger charge is -2.20. The van der Waals surface area contributed by atoms with Crippen LogP contribution in [0.1, 0.15) is 5.56 Å². The van der Waals surface area contributed by atoms with Crippen molar-refractivity contribution < 1.29 is 31.1 Å². The molecule has 0 saturated carbocycles. The highest BCUT2D eigenvalue weighted by Crippen LogP contribution is 2.27. The topological polar surface area (TPSA) is 84.5 Å². The monoisotopic (exact) mass is 498 g/mol. The molecule has 3 aromatic rings. The molecule has 33 heavy (non-hydrogen) atoms. The number of amides is 1. The molecule has 0 aliphatic heterocycles. The zero-order chi connectivity index (χ0) is 24.2. The van der Waals surface area contributed by atoms with Crippen molar-refractivity contribution in [1.29, 1.82) is 0 Å². The van der Waals surface area contributed by atoms with Gasteiger partial charge in [0, 0.05) is 5.02 Å². The number of nitrogens with one attached hydrogen (secondary N) is 2. The highest BCUT2D eigenvalue weighted by molar-refractivity contribution is 7.89. The van der Waals surface area contributed by atoms with Crippen molar-refractivity contribution in [2.24, 2.45) is 0 Å². The lowest BCUT2D eigenvalue weighted by molar-refractivity contribution is -0.117. The maximum atomic E-state index is 14.1. The summed E-state index contributed by atoms with van der Waals surface area (Å²) in [5, 5.41) is 2.22. The van der Waals surface area contributed by atoms with Gasteiger partial charge in [-0.1, -0.05) is 41.9 Å². The summed E-state index contributed by atoms with van der Waals surface area (Å²) in [5.74, 6) is -5.82. The average Bonchev–Trinajstić information content (AvgIpc) is 2.79. The summed E-state index contributed by atoms with van der Waals surface area (Å²) in [6, 6.07) is 12.4. The largest absolute Gasteiger partial charge is 0.495 e. The second-order valence-corrected chi connectivity index (χ2v) is 8.99. The SMILES string of the molecule is COc1ccc(Cl)cc1S(=O)(=O)N[C@H](Cc1ccccc1)C(=O)Nc1ccc(F)c(F)c1F. The molecule has 0 aliphatic rings. The zero-order valence-electron chi connectivity index (χ0n) is 17.1. The number of anilines is 1. The third kappa shape index (κ3) is 5.84. The predicted molar refractivity (Wildman–Crippen MR) is 117 cm³/mol. The van der Waals surface area contributed by atoms with E-state index in [-0.39, 0.29) is 22.1 Å². The van der Waals surface area contributed by atoms with Crippen LogP contribution in [0.25, 0.3) is 0 Å². The van der Waals surface area contributed by atoms with E-state index in [2.05, 4.69) is 10.0 Å². The minimum absolute atomic E-state index is 0.0163. The number of halogens is 4. The van der Waals surface area contributed by atoms with E-state index in [1.54, 1.807) is 30.3 Å². The van der Waals surface area contributed by atoms with Gasteiger partial charge in [-0.25, -0.2) is 21.6 Å². The highest BCUT2D eigenvalue weighted by atomic mass is 35.5. The maximum absolute atomic E-state index is 14.1. The van der Waals surface area contributed by atoms with Crippen LogP contribution in [-0.2, 0) is 21.2 Å². The molecule has 0 heterocycles. The number of rotatable bonds is 8. The molecule has 11 heteroatoms. The van der Waals surface area contributed by atoms with E-state index in [9.17, 15) is 26.4 Å². The second-order valence-electron chi connectivity index (χ2n) is 6.87. The Kier molecular flexibility index (Phi) is 7.62. The standard InChI is InChI=1S/C22H18ClF3N2O4S/c1-32-18-10-7-14(23)12-19(18)33(30,31)28-17(11-13-5-3-2-4-6-13)22(29)27-16-9-8-15(24)20(25)21(16)26/h2-10,12,17,28H,11H2,1H3,(H,27,29)/t17-/m1/s1. The van der Waals surface area contributed by atoms with Gasteiger partial charge in [-0.3, -0.25) is 4.79 Å². The van der Waals surface area contributed by atoms with E-state index in [4.69, 9.17) is 16.3 Å². The van der Waals surface area contributed by atoms with Gasteiger partial charge in [0.2, 0.25) is 15.9 Å². The zero-order valence-corrected chi connectivity index (χ0v) is 18.7. The molecule has 174 valence electrons. The first kappa shape index (κ1) is 24.6. The van der Waals surface area contributed by atoms with E-state index in [0.29, 0.717) is 11.6 Å². The van der Waals surface area contributed by atoms with Gasteiger partial charge in [0.25, 0.3) is 0 Å². The summed E-state index contributed by atoms with van der Waals surface area (Å²) in [5.41, 5.74) is -0.0549. The van der Waals surface area contributed by atoms with Crippen LogP contribution in [0.4, 0.5) is 18.9 Å². The van der Waals surface area contributed by atoms with E-state index in [1.807, 2.05) is 0 Å². The van der Waals surface area contributed by atoms with E-state index in [0.717, 1.165) is 12.1 Å². The lowest BCUT2D eigenvalue weighted by Crippen LogP contribution is -2.45. The molecule has 6 nitrogen and oxygen atoms in total. The van der Waals surface area contributed by atoms with Gasteiger partial charge in [0.15, 0.2) is 17.5 Å². The van der Waals surface area contributed by atoms with Gasteiger partial charge in [-0.15, -0.1) is 0 Å². The van der Waals surface area contributed by atoms with Crippen LogP contribution in [0.3, 0.4) is 0 Å². The number of hydrogen-bond acceptors (Lipinski definition) is 4. The normalized spacial score (nSPS) is 12.3. The Bertz CT molecular complexity index is 1270. The Morgan fingerprint density at radius 2 is 1.73 bits per heavy atom. The van der Waals surface area contributed by atoms with Gasteiger partial charge in [0.05, 0.1) is 12.8 Å². The van der Waals surface area contributed by atoms with Crippen LogP contribution < -0.4 is 14.8 Å². The van der Waals surface area contributed by atoms with Crippen LogP contribution in [0.15, 0.2) is 65.6 Å². The van der Waals surface area contributed by atoms with Crippen LogP contribution in [0.5, 0.6) is 5.75 Å². The molecule has 3 rings (SSSR count). The number of carbonyl (C=O) groups is 1. The van der Waals surface area contributed by atoms with Crippen molar-refractivity contribution in [1.82, 2.24) is 4.72 Å². The summed E-state index contributed by atoms with van der Waals surface area (Å²) in [6.07, 6.45) is -0.125. The molecule has 0 aliphatic carbocycles. The first-order chi connectivity index (χ1) is 15.6. The Balaban J connectivity index is 1.95. The van der Waals surface area contributed by atoms with Gasteiger partial charge >= 0.3 is 0 Å². The number of sulfonamides is 1. The number of benzene rings is 3. The summed E-state index contributed by atoms with van der Waals surface area (Å²) in [6.45, 7) is 0. The van der Waals surface area contributed by atoms with Gasteiger partial charge in [0.1, 0.15) is 16.7 Å². The molecule has 0 aromatic heterocycles. The Hall–Kier alpha value is -3.08. The molecule has 1 atom stereocenters. The molecule has 2 N–H and O–H groups in total. The van der Waals surface area contributed by atoms with Crippen molar-refractivity contribution in [3.8, 4) is 5.75 Å². The molecule has 0 unspecified atom stereocenters. The number of methoxy groups -OCH3 is 1. The molecular weight excluding hydrogens is 481 g/mol. The first-order valence-electron chi connectivity index (χ1n) is 9.46. The predicted octanol–water partition coefficient (Wildman–Crippen LogP) is 4.29. The smallest absolute Gasteiger partial charge is 0.245 e. The van der Waals surface area contributed by atoms with Crippen molar-refractivity contribution in [2.45, 2.75) is 17.4 Å². The third-order valence-corrected chi connectivity index (χ3v) is 6.33. The Morgan fingerprint density at radius 1 is 1.03 bits per heavy atom. The first-order valence-corrected chi connectivity index (χ1v) is 11.3. The van der Waals surface area contributed by atoms with Crippen molar-refractivity contribution in [3.63, 3.8) is 0 Å².